The smallest absolute Gasteiger partial charge is 0.316 e. The molecule has 0 aliphatic heterocycles. The SMILES string of the molecule is N#Cc1ccc([C@@H](N)C(F)(F)F)c(C#N)c1. The van der Waals surface area contributed by atoms with Crippen LogP contribution in [-0.2, 0) is 0 Å². The summed E-state index contributed by atoms with van der Waals surface area (Å²) in [5.74, 6) is 0. The van der Waals surface area contributed by atoms with Gasteiger partial charge >= 0.3 is 6.18 Å². The lowest BCUT2D eigenvalue weighted by atomic mass is 9.99. The average Bonchev–Trinajstić information content (AvgIpc) is 2.26. The summed E-state index contributed by atoms with van der Waals surface area (Å²) in [6, 6.07) is 4.44. The molecule has 0 heterocycles. The number of hydrogen-bond acceptors (Lipinski definition) is 3. The molecule has 0 spiro atoms. The highest BCUT2D eigenvalue weighted by atomic mass is 19.4. The summed E-state index contributed by atoms with van der Waals surface area (Å²) >= 11 is 0. The Bertz CT molecular complexity index is 480. The molecule has 2 N–H and O–H groups in total. The number of nitriles is 2. The van der Waals surface area contributed by atoms with Gasteiger partial charge < -0.3 is 5.73 Å². The Morgan fingerprint density at radius 2 is 1.81 bits per heavy atom. The van der Waals surface area contributed by atoms with Crippen molar-refractivity contribution < 1.29 is 13.2 Å². The lowest BCUT2D eigenvalue weighted by Gasteiger charge is -2.16. The molecule has 1 aromatic carbocycles. The molecule has 1 atom stereocenters. The fourth-order valence-electron chi connectivity index (χ4n) is 1.17. The minimum absolute atomic E-state index is 0.120. The van der Waals surface area contributed by atoms with Gasteiger partial charge in [-0.05, 0) is 17.7 Å². The van der Waals surface area contributed by atoms with Crippen LogP contribution in [0.4, 0.5) is 13.2 Å². The summed E-state index contributed by atoms with van der Waals surface area (Å²) in [5, 5.41) is 17.2. The molecule has 1 aromatic rings. The molecule has 0 aliphatic rings. The maximum atomic E-state index is 12.3. The molecule has 0 fully saturated rings. The first-order chi connectivity index (χ1) is 7.40. The molecule has 82 valence electrons. The minimum atomic E-state index is -4.61. The Kier molecular flexibility index (Phi) is 3.17. The van der Waals surface area contributed by atoms with Crippen LogP contribution in [0.5, 0.6) is 0 Å². The van der Waals surface area contributed by atoms with E-state index in [1.54, 1.807) is 12.1 Å². The molecular formula is C10H6F3N3. The number of nitrogens with two attached hydrogens (primary N) is 1. The lowest BCUT2D eigenvalue weighted by Crippen LogP contribution is -2.29. The van der Waals surface area contributed by atoms with Gasteiger partial charge in [-0.25, -0.2) is 0 Å². The second kappa shape index (κ2) is 4.21. The first-order valence-electron chi connectivity index (χ1n) is 4.16. The van der Waals surface area contributed by atoms with Crippen LogP contribution in [-0.4, -0.2) is 6.18 Å². The molecule has 0 saturated heterocycles. The van der Waals surface area contributed by atoms with Crippen LogP contribution < -0.4 is 5.73 Å². The fourth-order valence-corrected chi connectivity index (χ4v) is 1.17. The van der Waals surface area contributed by atoms with E-state index in [-0.39, 0.29) is 16.7 Å². The molecule has 6 heteroatoms. The minimum Gasteiger partial charge on any atom is -0.316 e. The summed E-state index contributed by atoms with van der Waals surface area (Å²) in [6.07, 6.45) is -4.61. The van der Waals surface area contributed by atoms with Gasteiger partial charge in [-0.1, -0.05) is 6.07 Å². The third kappa shape index (κ3) is 2.30. The van der Waals surface area contributed by atoms with E-state index >= 15 is 0 Å². The molecule has 3 nitrogen and oxygen atoms in total. The largest absolute Gasteiger partial charge is 0.407 e. The van der Waals surface area contributed by atoms with E-state index in [9.17, 15) is 13.2 Å². The van der Waals surface area contributed by atoms with Crippen LogP contribution in [0.15, 0.2) is 18.2 Å². The Morgan fingerprint density at radius 3 is 2.25 bits per heavy atom. The lowest BCUT2D eigenvalue weighted by molar-refractivity contribution is -0.149. The third-order valence-corrected chi connectivity index (χ3v) is 1.99. The highest BCUT2D eigenvalue weighted by Gasteiger charge is 2.39. The Morgan fingerprint density at radius 1 is 1.19 bits per heavy atom. The zero-order valence-electron chi connectivity index (χ0n) is 7.92. The third-order valence-electron chi connectivity index (χ3n) is 1.99. The highest BCUT2D eigenvalue weighted by Crippen LogP contribution is 2.32. The molecule has 0 saturated carbocycles. The van der Waals surface area contributed by atoms with Gasteiger partial charge in [0, 0.05) is 0 Å². The topological polar surface area (TPSA) is 73.6 Å². The van der Waals surface area contributed by atoms with Crippen molar-refractivity contribution in [1.82, 2.24) is 0 Å². The molecule has 1 rings (SSSR count). The van der Waals surface area contributed by atoms with Crippen molar-refractivity contribution in [2.24, 2.45) is 5.73 Å². The van der Waals surface area contributed by atoms with Gasteiger partial charge in [-0.2, -0.15) is 23.7 Å². The van der Waals surface area contributed by atoms with E-state index in [1.807, 2.05) is 0 Å². The van der Waals surface area contributed by atoms with E-state index < -0.39 is 12.2 Å². The number of hydrogen-bond donors (Lipinski definition) is 1. The maximum absolute atomic E-state index is 12.3. The molecule has 0 unspecified atom stereocenters. The summed E-state index contributed by atoms with van der Waals surface area (Å²) in [7, 11) is 0. The van der Waals surface area contributed by atoms with Crippen molar-refractivity contribution in [3.8, 4) is 12.1 Å². The van der Waals surface area contributed by atoms with Crippen LogP contribution in [0.3, 0.4) is 0 Å². The summed E-state index contributed by atoms with van der Waals surface area (Å²) in [6.45, 7) is 0. The van der Waals surface area contributed by atoms with Gasteiger partial charge in [-0.15, -0.1) is 0 Å². The first kappa shape index (κ1) is 12.0. The number of alkyl halides is 3. The van der Waals surface area contributed by atoms with Gasteiger partial charge in [0.15, 0.2) is 0 Å². The van der Waals surface area contributed by atoms with Crippen molar-refractivity contribution in [3.05, 3.63) is 34.9 Å². The molecule has 0 aliphatic carbocycles. The molecule has 0 aromatic heterocycles. The predicted molar refractivity (Wildman–Crippen MR) is 48.9 cm³/mol. The van der Waals surface area contributed by atoms with E-state index in [0.29, 0.717) is 0 Å². The van der Waals surface area contributed by atoms with Crippen LogP contribution in [0.25, 0.3) is 0 Å². The Balaban J connectivity index is 3.27. The van der Waals surface area contributed by atoms with E-state index in [0.717, 1.165) is 12.1 Å². The van der Waals surface area contributed by atoms with Gasteiger partial charge in [0.2, 0.25) is 0 Å². The van der Waals surface area contributed by atoms with Crippen molar-refractivity contribution >= 4 is 0 Å². The first-order valence-corrected chi connectivity index (χ1v) is 4.16. The van der Waals surface area contributed by atoms with Crippen molar-refractivity contribution in [3.63, 3.8) is 0 Å². The molecular weight excluding hydrogens is 219 g/mol. The normalized spacial score (nSPS) is 12.6. The van der Waals surface area contributed by atoms with Crippen molar-refractivity contribution in [1.29, 1.82) is 10.5 Å². The monoisotopic (exact) mass is 225 g/mol. The van der Waals surface area contributed by atoms with Crippen molar-refractivity contribution in [2.75, 3.05) is 0 Å². The zero-order valence-corrected chi connectivity index (χ0v) is 7.92. The number of halogens is 3. The highest BCUT2D eigenvalue weighted by molar-refractivity contribution is 5.46. The van der Waals surface area contributed by atoms with Gasteiger partial charge in [-0.3, -0.25) is 0 Å². The van der Waals surface area contributed by atoms with E-state index in [1.165, 1.54) is 6.07 Å². The molecule has 16 heavy (non-hydrogen) atoms. The quantitative estimate of drug-likeness (QED) is 0.794. The van der Waals surface area contributed by atoms with Crippen molar-refractivity contribution in [2.45, 2.75) is 12.2 Å². The van der Waals surface area contributed by atoms with E-state index in [4.69, 9.17) is 16.3 Å². The summed E-state index contributed by atoms with van der Waals surface area (Å²) in [5.41, 5.74) is 4.54. The van der Waals surface area contributed by atoms with Gasteiger partial charge in [0.25, 0.3) is 0 Å². The van der Waals surface area contributed by atoms with Crippen LogP contribution >= 0.6 is 0 Å². The molecule has 0 radical (unpaired) electrons. The van der Waals surface area contributed by atoms with Gasteiger partial charge in [0.1, 0.15) is 6.04 Å². The standard InChI is InChI=1S/C10H6F3N3/c11-10(12,13)9(16)8-2-1-6(4-14)3-7(8)5-15/h1-3,9H,16H2/t9-/m1/s1. The Hall–Kier alpha value is -2.05. The second-order valence-corrected chi connectivity index (χ2v) is 3.04. The van der Waals surface area contributed by atoms with E-state index in [2.05, 4.69) is 0 Å². The number of benzene rings is 1. The number of rotatable bonds is 1. The van der Waals surface area contributed by atoms with Crippen LogP contribution in [0, 0.1) is 22.7 Å². The second-order valence-electron chi connectivity index (χ2n) is 3.04. The zero-order chi connectivity index (χ0) is 12.3. The van der Waals surface area contributed by atoms with Crippen LogP contribution in [0.2, 0.25) is 0 Å². The average molecular weight is 225 g/mol. The van der Waals surface area contributed by atoms with Crippen LogP contribution in [0.1, 0.15) is 22.7 Å². The molecule has 0 bridgehead atoms. The van der Waals surface area contributed by atoms with Gasteiger partial charge in [0.05, 0.1) is 23.3 Å². The summed E-state index contributed by atoms with van der Waals surface area (Å²) < 4.78 is 37.0. The fraction of sp³-hybridized carbons (Fsp3) is 0.200. The maximum Gasteiger partial charge on any atom is 0.407 e. The Labute approximate surface area is 89.5 Å². The number of nitrogens with zero attached hydrogens (tertiary/aromatic N) is 2. The predicted octanol–water partition coefficient (Wildman–Crippen LogP) is 1.99. The molecule has 0 amide bonds. The summed E-state index contributed by atoms with van der Waals surface area (Å²) in [4.78, 5) is 0.